The molecule has 2 heterocycles. The zero-order chi connectivity index (χ0) is 43.9. The maximum Gasteiger partial charge on any atom is 0.328 e. The highest BCUT2D eigenvalue weighted by Crippen LogP contribution is 2.20. The van der Waals surface area contributed by atoms with Crippen molar-refractivity contribution in [2.45, 2.75) is 88.3 Å². The van der Waals surface area contributed by atoms with Crippen LogP contribution in [0.15, 0.2) is 72.2 Å². The Balaban J connectivity index is 1.61. The summed E-state index contributed by atoms with van der Waals surface area (Å²) >= 11 is 0. The van der Waals surface area contributed by atoms with Crippen molar-refractivity contribution in [1.29, 1.82) is 0 Å². The van der Waals surface area contributed by atoms with Crippen molar-refractivity contribution in [1.82, 2.24) is 41.5 Å². The number of imidazole rings is 1. The van der Waals surface area contributed by atoms with Crippen molar-refractivity contribution in [2.75, 3.05) is 6.54 Å². The van der Waals surface area contributed by atoms with Gasteiger partial charge in [0.15, 0.2) is 12.0 Å². The Bertz CT molecular complexity index is 2120. The molecule has 0 saturated carbocycles. The number of para-hydroxylation sites is 1. The molecule has 0 fully saturated rings. The van der Waals surface area contributed by atoms with Crippen LogP contribution in [-0.4, -0.2) is 121 Å². The van der Waals surface area contributed by atoms with Gasteiger partial charge in [0.1, 0.15) is 29.9 Å². The summed E-state index contributed by atoms with van der Waals surface area (Å²) in [6, 6.07) is 5.21. The quantitative estimate of drug-likeness (QED) is 0.0230. The number of aliphatic hydroxyl groups excluding tert-OH is 1. The van der Waals surface area contributed by atoms with E-state index in [1.807, 2.05) is 24.3 Å². The van der Waals surface area contributed by atoms with Crippen LogP contribution in [0.2, 0.25) is 0 Å². The van der Waals surface area contributed by atoms with E-state index in [-0.39, 0.29) is 50.4 Å². The second-order valence-corrected chi connectivity index (χ2v) is 14.2. The molecule has 0 bridgehead atoms. The number of aliphatic imine (C=N–C) groups is 1. The molecule has 4 aromatic rings. The summed E-state index contributed by atoms with van der Waals surface area (Å²) in [6.45, 7) is 2.52. The van der Waals surface area contributed by atoms with Gasteiger partial charge in [0.25, 0.3) is 0 Å². The van der Waals surface area contributed by atoms with Gasteiger partial charge in [-0.05, 0) is 56.0 Å². The Labute approximate surface area is 344 Å². The summed E-state index contributed by atoms with van der Waals surface area (Å²) in [4.78, 5) is 93.9. The van der Waals surface area contributed by atoms with E-state index in [1.165, 1.54) is 38.5 Å². The number of hydrogen-bond acceptors (Lipinski definition) is 11. The van der Waals surface area contributed by atoms with E-state index in [2.05, 4.69) is 46.5 Å². The zero-order valence-corrected chi connectivity index (χ0v) is 33.1. The number of carboxylic acid groups (broad SMARTS) is 1. The Morgan fingerprint density at radius 1 is 0.783 bits per heavy atom. The van der Waals surface area contributed by atoms with E-state index in [1.54, 1.807) is 18.3 Å². The fourth-order valence-corrected chi connectivity index (χ4v) is 6.17. The number of aliphatic carboxylic acids is 1. The van der Waals surface area contributed by atoms with E-state index in [0.717, 1.165) is 10.9 Å². The minimum atomic E-state index is -1.66. The number of aromatic hydroxyl groups is 1. The molecule has 5 amide bonds. The smallest absolute Gasteiger partial charge is 0.328 e. The Morgan fingerprint density at radius 3 is 2.05 bits per heavy atom. The molecule has 0 spiro atoms. The zero-order valence-electron chi connectivity index (χ0n) is 33.1. The molecule has 4 rings (SSSR count). The predicted octanol–water partition coefficient (Wildman–Crippen LogP) is -2.09. The third-order valence-corrected chi connectivity index (χ3v) is 9.45. The average molecular weight is 833 g/mol. The van der Waals surface area contributed by atoms with Gasteiger partial charge in [-0.15, -0.1) is 0 Å². The summed E-state index contributed by atoms with van der Waals surface area (Å²) in [5, 5.41) is 42.6. The third-order valence-electron chi connectivity index (χ3n) is 9.45. The van der Waals surface area contributed by atoms with Gasteiger partial charge in [0, 0.05) is 54.8 Å². The molecule has 0 aliphatic rings. The molecule has 1 unspecified atom stereocenters. The number of amides is 5. The number of benzene rings is 2. The van der Waals surface area contributed by atoms with E-state index in [9.17, 15) is 44.1 Å². The van der Waals surface area contributed by atoms with Crippen molar-refractivity contribution >= 4 is 52.4 Å². The lowest BCUT2D eigenvalue weighted by Gasteiger charge is -2.27. The molecule has 7 atom stereocenters. The molecule has 0 saturated heterocycles. The largest absolute Gasteiger partial charge is 0.508 e. The number of rotatable bonds is 22. The van der Waals surface area contributed by atoms with Gasteiger partial charge in [-0.3, -0.25) is 29.0 Å². The van der Waals surface area contributed by atoms with Gasteiger partial charge in [0.2, 0.25) is 29.5 Å². The molecular weight excluding hydrogens is 781 g/mol. The minimum Gasteiger partial charge on any atom is -0.508 e. The van der Waals surface area contributed by atoms with Gasteiger partial charge in [-0.2, -0.15) is 0 Å². The van der Waals surface area contributed by atoms with E-state index < -0.39 is 77.9 Å². The predicted molar refractivity (Wildman–Crippen MR) is 219 cm³/mol. The van der Waals surface area contributed by atoms with Crippen LogP contribution in [0.4, 0.5) is 0 Å². The second-order valence-electron chi connectivity index (χ2n) is 14.2. The molecule has 0 aliphatic carbocycles. The van der Waals surface area contributed by atoms with Gasteiger partial charge >= 0.3 is 5.97 Å². The lowest BCUT2D eigenvalue weighted by Crippen LogP contribution is -2.60. The van der Waals surface area contributed by atoms with Crippen molar-refractivity contribution < 1.29 is 44.1 Å². The van der Waals surface area contributed by atoms with Crippen LogP contribution in [0.1, 0.15) is 43.5 Å². The van der Waals surface area contributed by atoms with Crippen LogP contribution in [0.3, 0.4) is 0 Å². The summed E-state index contributed by atoms with van der Waals surface area (Å²) < 4.78 is 0. The number of aliphatic hydroxyl groups is 1. The number of aromatic amines is 2. The normalized spacial score (nSPS) is 14.6. The first kappa shape index (κ1) is 45.7. The fourth-order valence-electron chi connectivity index (χ4n) is 6.17. The van der Waals surface area contributed by atoms with Crippen LogP contribution >= 0.6 is 0 Å². The highest BCUT2D eigenvalue weighted by atomic mass is 16.4. The lowest BCUT2D eigenvalue weighted by molar-refractivity contribution is -0.145. The fraction of sp³-hybridized carbons (Fsp3) is 0.385. The summed E-state index contributed by atoms with van der Waals surface area (Å²) in [7, 11) is 0. The molecule has 21 heteroatoms. The maximum atomic E-state index is 14.3. The van der Waals surface area contributed by atoms with Crippen molar-refractivity contribution in [3.05, 3.63) is 84.1 Å². The first-order valence-corrected chi connectivity index (χ1v) is 19.1. The molecule has 2 aromatic heterocycles. The number of guanidine groups is 1. The molecule has 60 heavy (non-hydrogen) atoms. The molecule has 2 aromatic carbocycles. The molecule has 322 valence electrons. The standard InChI is InChI=1S/C39H52N12O9/c1-20(33(54)51-32(21(2)52)38(59)60)47-35(56)29(8-5-13-44-39(41)42)48-36(57)30(14-22-9-11-25(53)12-10-22)50-37(58)31(15-23-17-45-28-7-4-3-6-26(23)28)49-34(55)27(40)16-24-18-43-19-46-24/h3-4,6-7,9-12,17-21,27,29-32,45,52-53H,5,8,13-16,40H2,1-2H3,(H,43,46)(H,47,56)(H,48,57)(H,49,55)(H,50,58)(H,51,54)(H,59,60)(H4,41,42,44)/t20-,21?,27-,29-,30-,31-,32-/m0/s1. The first-order valence-electron chi connectivity index (χ1n) is 19.1. The lowest BCUT2D eigenvalue weighted by atomic mass is 10.0. The van der Waals surface area contributed by atoms with Crippen LogP contribution in [0, 0.1) is 0 Å². The number of phenols is 1. The first-order chi connectivity index (χ1) is 28.5. The third kappa shape index (κ3) is 13.6. The average Bonchev–Trinajstić information content (AvgIpc) is 3.87. The van der Waals surface area contributed by atoms with Crippen molar-refractivity contribution in [2.24, 2.45) is 22.2 Å². The van der Waals surface area contributed by atoms with Gasteiger partial charge in [-0.25, -0.2) is 9.78 Å². The van der Waals surface area contributed by atoms with Crippen LogP contribution in [0.25, 0.3) is 10.9 Å². The SMILES string of the molecule is CC(O)[C@H](NC(=O)[C@H](C)NC(=O)[C@H](CCCN=C(N)N)NC(=O)[C@H](Cc1ccc(O)cc1)NC(=O)[C@H](Cc1c[nH]c2ccccc12)NC(=O)[C@@H](N)Cc1cnc[nH]1)C(=O)O. The number of phenolic OH excluding ortho intramolecular Hbond substituents is 1. The number of aromatic nitrogens is 3. The highest BCUT2D eigenvalue weighted by molar-refractivity contribution is 5.97. The van der Waals surface area contributed by atoms with E-state index in [4.69, 9.17) is 17.2 Å². The van der Waals surface area contributed by atoms with E-state index >= 15 is 0 Å². The van der Waals surface area contributed by atoms with E-state index in [0.29, 0.717) is 16.8 Å². The monoisotopic (exact) mass is 832 g/mol. The summed E-state index contributed by atoms with van der Waals surface area (Å²) in [5.74, 6) is -5.75. The minimum absolute atomic E-state index is 0.0144. The summed E-state index contributed by atoms with van der Waals surface area (Å²) in [6.07, 6.45) is 3.28. The number of carbonyl (C=O) groups excluding carboxylic acids is 5. The van der Waals surface area contributed by atoms with Crippen LogP contribution in [-0.2, 0) is 48.0 Å². The van der Waals surface area contributed by atoms with Crippen molar-refractivity contribution in [3.63, 3.8) is 0 Å². The number of H-pyrrole nitrogens is 2. The number of nitrogens with one attached hydrogen (secondary N) is 7. The number of fused-ring (bicyclic) bond motifs is 1. The number of hydrogen-bond donors (Lipinski definition) is 13. The Kier molecular flexibility index (Phi) is 16.5. The molecule has 0 radical (unpaired) electrons. The molecular formula is C39H52N12O9. The number of carbonyl (C=O) groups is 6. The number of nitrogens with zero attached hydrogens (tertiary/aromatic N) is 2. The number of nitrogens with two attached hydrogens (primary N) is 3. The van der Waals surface area contributed by atoms with Gasteiger partial charge < -0.3 is 69.1 Å². The van der Waals surface area contributed by atoms with Gasteiger partial charge in [-0.1, -0.05) is 30.3 Å². The summed E-state index contributed by atoms with van der Waals surface area (Å²) in [5.41, 5.74) is 19.7. The molecule has 21 nitrogen and oxygen atoms in total. The van der Waals surface area contributed by atoms with Gasteiger partial charge in [0.05, 0.1) is 18.5 Å². The number of carboxylic acids is 1. The Hall–Kier alpha value is -7.00. The molecule has 16 N–H and O–H groups in total. The highest BCUT2D eigenvalue weighted by Gasteiger charge is 2.33. The van der Waals surface area contributed by atoms with Crippen LogP contribution < -0.4 is 43.8 Å². The second kappa shape index (κ2) is 21.7. The topological polar surface area (TPSA) is 358 Å². The maximum absolute atomic E-state index is 14.3. The Morgan fingerprint density at radius 2 is 1.42 bits per heavy atom. The van der Waals surface area contributed by atoms with Crippen molar-refractivity contribution in [3.8, 4) is 5.75 Å². The van der Waals surface area contributed by atoms with Crippen LogP contribution in [0.5, 0.6) is 5.75 Å². The molecule has 0 aliphatic heterocycles.